The summed E-state index contributed by atoms with van der Waals surface area (Å²) in [7, 11) is 0. The second-order valence-corrected chi connectivity index (χ2v) is 0. The van der Waals surface area contributed by atoms with Gasteiger partial charge in [0, 0.05) is 0 Å². The van der Waals surface area contributed by atoms with E-state index in [9.17, 15) is 0 Å². The molecule has 34 valence electrons. The van der Waals surface area contributed by atoms with Crippen molar-refractivity contribution in [2.75, 3.05) is 0 Å². The Balaban J connectivity index is 0. The van der Waals surface area contributed by atoms with Crippen LogP contribution in [0.2, 0.25) is 0 Å². The van der Waals surface area contributed by atoms with Gasteiger partial charge in [0.25, 0.3) is 0 Å². The summed E-state index contributed by atoms with van der Waals surface area (Å²) in [5.74, 6) is 0. The molecule has 0 atom stereocenters. The molecule has 0 aromatic carbocycles. The van der Waals surface area contributed by atoms with Crippen LogP contribution in [-0.2, 0) is 0 Å². The summed E-state index contributed by atoms with van der Waals surface area (Å²) in [6.45, 7) is 0. The van der Waals surface area contributed by atoms with Gasteiger partial charge in [-0.15, -0.1) is 37.2 Å². The second-order valence-electron chi connectivity index (χ2n) is 0. The average molecular weight is 203 g/mol. The summed E-state index contributed by atoms with van der Waals surface area (Å²) in [4.78, 5) is 0. The molecule has 6 heteroatoms. The SMILES string of the molecule is Cl.Cl.Cl.[AlH3].[H-].[H-].[K+].[Na+]. The van der Waals surface area contributed by atoms with Gasteiger partial charge in [0.2, 0.25) is 0 Å². The van der Waals surface area contributed by atoms with Crippen molar-refractivity contribution >= 4 is 54.6 Å². The quantitative estimate of drug-likeness (QED) is 0.344. The molecule has 0 fully saturated rings. The van der Waals surface area contributed by atoms with E-state index in [-0.39, 0.29) is 138 Å². The predicted molar refractivity (Wildman–Crippen MR) is 33.9 cm³/mol. The molecule has 0 spiro atoms. The zero-order valence-corrected chi connectivity index (χ0v) is 10.8. The van der Waals surface area contributed by atoms with Gasteiger partial charge in [-0.05, 0) is 0 Å². The van der Waals surface area contributed by atoms with Crippen LogP contribution in [0.1, 0.15) is 2.85 Å². The molecule has 6 heavy (non-hydrogen) atoms. The van der Waals surface area contributed by atoms with Crippen molar-refractivity contribution in [1.29, 1.82) is 0 Å². The Morgan fingerprint density at radius 3 is 0.833 bits per heavy atom. The molecule has 0 aromatic rings. The zero-order valence-electron chi connectivity index (χ0n) is 5.22. The standard InChI is InChI=1S/Al.3ClH.K.Na.5H/h;3*1H;;;;;;;/q;;;;2*+1;;;;2*-1. The van der Waals surface area contributed by atoms with Crippen LogP contribution in [0.3, 0.4) is 0 Å². The average Bonchev–Trinajstić information content (AvgIpc) is 0. The molecule has 0 rings (SSSR count). The van der Waals surface area contributed by atoms with Gasteiger partial charge in [-0.1, -0.05) is 0 Å². The zero-order chi connectivity index (χ0) is 0. The first kappa shape index (κ1) is 50.3. The van der Waals surface area contributed by atoms with Crippen LogP contribution in [0, 0.1) is 0 Å². The van der Waals surface area contributed by atoms with Crippen LogP contribution in [-0.4, -0.2) is 17.4 Å². The monoisotopic (exact) mass is 202 g/mol. The molecule has 0 unspecified atom stereocenters. The molecule has 0 N–H and O–H groups in total. The van der Waals surface area contributed by atoms with Crippen molar-refractivity contribution in [3.63, 3.8) is 0 Å². The first-order valence-electron chi connectivity index (χ1n) is 0. The Morgan fingerprint density at radius 2 is 0.833 bits per heavy atom. The van der Waals surface area contributed by atoms with Crippen LogP contribution < -0.4 is 80.9 Å². The molecule has 0 radical (unpaired) electrons. The van der Waals surface area contributed by atoms with Gasteiger partial charge in [-0.2, -0.15) is 0 Å². The maximum absolute atomic E-state index is 0. The molecule has 0 heterocycles. The van der Waals surface area contributed by atoms with Gasteiger partial charge in [-0.25, -0.2) is 0 Å². The van der Waals surface area contributed by atoms with Gasteiger partial charge in [0.15, 0.2) is 17.4 Å². The van der Waals surface area contributed by atoms with Gasteiger partial charge < -0.3 is 2.85 Å². The van der Waals surface area contributed by atoms with Crippen LogP contribution in [0.5, 0.6) is 0 Å². The van der Waals surface area contributed by atoms with Crippen molar-refractivity contribution in [3.05, 3.63) is 0 Å². The number of hydrogen-bond acceptors (Lipinski definition) is 0. The van der Waals surface area contributed by atoms with Gasteiger partial charge >= 0.3 is 80.9 Å². The van der Waals surface area contributed by atoms with Gasteiger partial charge in [0.1, 0.15) is 0 Å². The number of halogens is 3. The van der Waals surface area contributed by atoms with E-state index in [0.29, 0.717) is 0 Å². The van der Waals surface area contributed by atoms with E-state index < -0.39 is 0 Å². The van der Waals surface area contributed by atoms with E-state index in [2.05, 4.69) is 0 Å². The second kappa shape index (κ2) is 35.8. The Kier molecular flexibility index (Phi) is 300. The van der Waals surface area contributed by atoms with E-state index in [1.807, 2.05) is 0 Å². The molecule has 0 aliphatic carbocycles. The van der Waals surface area contributed by atoms with Crippen molar-refractivity contribution in [3.8, 4) is 0 Å². The Labute approximate surface area is 135 Å². The van der Waals surface area contributed by atoms with E-state index >= 15 is 0 Å². The topological polar surface area (TPSA) is 0 Å². The molecule has 0 nitrogen and oxygen atoms in total. The molecule has 0 aromatic heterocycles. The molecular weight excluding hydrogens is 195 g/mol. The predicted octanol–water partition coefficient (Wildman–Crippen LogP) is -5.69. The van der Waals surface area contributed by atoms with Crippen molar-refractivity contribution in [2.45, 2.75) is 0 Å². The maximum atomic E-state index is 0. The minimum absolute atomic E-state index is 0. The van der Waals surface area contributed by atoms with E-state index in [1.165, 1.54) is 0 Å². The fourth-order valence-electron chi connectivity index (χ4n) is 0. The Bertz CT molecular complexity index is 17.2. The van der Waals surface area contributed by atoms with E-state index in [0.717, 1.165) is 0 Å². The molecule has 0 amide bonds. The van der Waals surface area contributed by atoms with Crippen LogP contribution >= 0.6 is 37.2 Å². The molecule has 0 aliphatic rings. The maximum Gasteiger partial charge on any atom is 1.00 e. The smallest absolute Gasteiger partial charge is 1.00 e. The third-order valence-corrected chi connectivity index (χ3v) is 0. The molecular formula is H8AlCl3KNa. The molecule has 0 aliphatic heterocycles. The van der Waals surface area contributed by atoms with Crippen LogP contribution in [0.4, 0.5) is 0 Å². The Morgan fingerprint density at radius 1 is 0.833 bits per heavy atom. The Hall–Kier alpha value is 4.04. The minimum Gasteiger partial charge on any atom is -1.00 e. The summed E-state index contributed by atoms with van der Waals surface area (Å²) in [6, 6.07) is 0. The largest absolute Gasteiger partial charge is 1.00 e. The van der Waals surface area contributed by atoms with E-state index in [1.54, 1.807) is 0 Å². The third kappa shape index (κ3) is 24.4. The van der Waals surface area contributed by atoms with Crippen molar-refractivity contribution < 1.29 is 83.8 Å². The minimum atomic E-state index is 0. The summed E-state index contributed by atoms with van der Waals surface area (Å²) in [5.41, 5.74) is 0. The summed E-state index contributed by atoms with van der Waals surface area (Å²) >= 11 is 0. The van der Waals surface area contributed by atoms with Crippen LogP contribution in [0.25, 0.3) is 0 Å². The third-order valence-electron chi connectivity index (χ3n) is 0. The summed E-state index contributed by atoms with van der Waals surface area (Å²) < 4.78 is 0. The molecule has 0 saturated heterocycles. The first-order valence-corrected chi connectivity index (χ1v) is 0. The molecule has 0 bridgehead atoms. The summed E-state index contributed by atoms with van der Waals surface area (Å²) in [5, 5.41) is 0. The molecule has 0 saturated carbocycles. The van der Waals surface area contributed by atoms with Gasteiger partial charge in [0.05, 0.1) is 0 Å². The fourth-order valence-corrected chi connectivity index (χ4v) is 0. The van der Waals surface area contributed by atoms with Crippen molar-refractivity contribution in [1.82, 2.24) is 0 Å². The summed E-state index contributed by atoms with van der Waals surface area (Å²) in [6.07, 6.45) is 0. The van der Waals surface area contributed by atoms with E-state index in [4.69, 9.17) is 0 Å². The van der Waals surface area contributed by atoms with Crippen LogP contribution in [0.15, 0.2) is 0 Å². The van der Waals surface area contributed by atoms with Crippen molar-refractivity contribution in [2.24, 2.45) is 0 Å². The van der Waals surface area contributed by atoms with Gasteiger partial charge in [-0.3, -0.25) is 0 Å². The first-order chi connectivity index (χ1) is 0. The number of hydrogen-bond donors (Lipinski definition) is 0. The number of rotatable bonds is 0. The fraction of sp³-hybridized carbons (Fsp3) is 0. The normalized spacial score (nSPS) is 0.